The van der Waals surface area contributed by atoms with E-state index in [9.17, 15) is 4.79 Å². The number of carbonyl (C=O) groups excluding carboxylic acids is 1. The van der Waals surface area contributed by atoms with Crippen LogP contribution in [0.4, 0.5) is 10.6 Å². The summed E-state index contributed by atoms with van der Waals surface area (Å²) in [5.41, 5.74) is 1.35. The van der Waals surface area contributed by atoms with Gasteiger partial charge in [-0.1, -0.05) is 41.6 Å². The van der Waals surface area contributed by atoms with Gasteiger partial charge in [-0.3, -0.25) is 5.32 Å². The molecule has 2 aromatic rings. The van der Waals surface area contributed by atoms with Crippen molar-refractivity contribution in [1.29, 1.82) is 5.26 Å². The third kappa shape index (κ3) is 5.99. The van der Waals surface area contributed by atoms with E-state index in [2.05, 4.69) is 21.4 Å². The van der Waals surface area contributed by atoms with Gasteiger partial charge in [0.15, 0.2) is 12.3 Å². The molecule has 0 saturated carbocycles. The van der Waals surface area contributed by atoms with E-state index in [-0.39, 0.29) is 18.9 Å². The second-order valence-corrected chi connectivity index (χ2v) is 4.92. The van der Waals surface area contributed by atoms with Crippen LogP contribution in [0.1, 0.15) is 17.7 Å². The Hall–Kier alpha value is -3.84. The molecule has 1 amide bonds. The van der Waals surface area contributed by atoms with Crippen molar-refractivity contribution < 1.29 is 14.4 Å². The van der Waals surface area contributed by atoms with Gasteiger partial charge in [-0.15, -0.1) is 12.3 Å². The molecule has 1 aromatic carbocycles. The second kappa shape index (κ2) is 10.1. The highest BCUT2D eigenvalue weighted by atomic mass is 16.6. The first-order chi connectivity index (χ1) is 12.7. The van der Waals surface area contributed by atoms with Crippen molar-refractivity contribution in [3.05, 3.63) is 59.8 Å². The predicted octanol–water partition coefficient (Wildman–Crippen LogP) is 3.10. The Labute approximate surface area is 151 Å². The summed E-state index contributed by atoms with van der Waals surface area (Å²) >= 11 is 0. The average Bonchev–Trinajstić information content (AvgIpc) is 2.66. The van der Waals surface area contributed by atoms with Crippen molar-refractivity contribution in [2.45, 2.75) is 13.0 Å². The molecule has 1 heterocycles. The molecule has 0 unspecified atom stereocenters. The smallest absolute Gasteiger partial charge is 0.412 e. The van der Waals surface area contributed by atoms with E-state index in [1.54, 1.807) is 30.3 Å². The first-order valence-corrected chi connectivity index (χ1v) is 7.71. The highest BCUT2D eigenvalue weighted by molar-refractivity contribution is 6.11. The van der Waals surface area contributed by atoms with Gasteiger partial charge < -0.3 is 9.57 Å². The predicted molar refractivity (Wildman–Crippen MR) is 96.0 cm³/mol. The number of nitrogens with one attached hydrogen (secondary N) is 1. The van der Waals surface area contributed by atoms with Gasteiger partial charge in [0.2, 0.25) is 0 Å². The number of nitrogens with zero attached hydrogens (tertiary/aromatic N) is 3. The van der Waals surface area contributed by atoms with Crippen LogP contribution in [0, 0.1) is 23.7 Å². The fourth-order valence-electron chi connectivity index (χ4n) is 1.87. The van der Waals surface area contributed by atoms with Crippen LogP contribution in [0.15, 0.2) is 53.7 Å². The van der Waals surface area contributed by atoms with Gasteiger partial charge in [-0.2, -0.15) is 5.26 Å². The van der Waals surface area contributed by atoms with Crippen molar-refractivity contribution in [2.24, 2.45) is 5.16 Å². The maximum Gasteiger partial charge on any atom is 0.412 e. The number of aromatic nitrogens is 1. The number of nitriles is 1. The maximum atomic E-state index is 11.6. The number of rotatable bonds is 7. The Bertz CT molecular complexity index is 851. The van der Waals surface area contributed by atoms with Crippen LogP contribution >= 0.6 is 0 Å². The summed E-state index contributed by atoms with van der Waals surface area (Å²) in [5, 5.41) is 15.5. The molecule has 7 nitrogen and oxygen atoms in total. The van der Waals surface area contributed by atoms with Gasteiger partial charge in [0.1, 0.15) is 18.5 Å². The van der Waals surface area contributed by atoms with E-state index in [4.69, 9.17) is 21.3 Å². The number of ether oxygens (including phenoxy) is 1. The van der Waals surface area contributed by atoms with Crippen molar-refractivity contribution >= 4 is 17.6 Å². The first-order valence-electron chi connectivity index (χ1n) is 7.71. The molecule has 0 spiro atoms. The number of anilines is 1. The standard InChI is InChI=1S/C19H16N4O3/c1-2-3-12-25-19(24)22-18-11-7-10-16(21-18)14-26-23-17(13-20)15-8-5-4-6-9-15/h1,4-11H,3,12,14H2,(H,21,22,24)/b23-17+. The molecule has 1 aromatic heterocycles. The molecule has 0 atom stereocenters. The van der Waals surface area contributed by atoms with Crippen molar-refractivity contribution in [2.75, 3.05) is 11.9 Å². The number of carbonyl (C=O) groups is 1. The number of benzene rings is 1. The summed E-state index contributed by atoms with van der Waals surface area (Å²) in [7, 11) is 0. The zero-order chi connectivity index (χ0) is 18.6. The Morgan fingerprint density at radius 3 is 2.77 bits per heavy atom. The molecule has 0 bridgehead atoms. The van der Waals surface area contributed by atoms with E-state index in [0.717, 1.165) is 0 Å². The van der Waals surface area contributed by atoms with Gasteiger partial charge in [-0.05, 0) is 12.1 Å². The number of hydrogen-bond acceptors (Lipinski definition) is 6. The van der Waals surface area contributed by atoms with Crippen LogP contribution in [0.2, 0.25) is 0 Å². The molecule has 26 heavy (non-hydrogen) atoms. The summed E-state index contributed by atoms with van der Waals surface area (Å²) in [6.45, 7) is 0.177. The second-order valence-electron chi connectivity index (χ2n) is 4.92. The molecule has 0 radical (unpaired) electrons. The van der Waals surface area contributed by atoms with Crippen molar-refractivity contribution in [1.82, 2.24) is 4.98 Å². The number of amides is 1. The maximum absolute atomic E-state index is 11.6. The van der Waals surface area contributed by atoms with Crippen LogP contribution in [-0.2, 0) is 16.2 Å². The van der Waals surface area contributed by atoms with Gasteiger partial charge >= 0.3 is 6.09 Å². The SMILES string of the molecule is C#CCCOC(=O)Nc1cccc(CO/N=C(\C#N)c2ccccc2)n1. The van der Waals surface area contributed by atoms with Gasteiger partial charge in [0.05, 0.1) is 5.69 Å². The number of hydrogen-bond donors (Lipinski definition) is 1. The van der Waals surface area contributed by atoms with Crippen LogP contribution in [0.3, 0.4) is 0 Å². The molecule has 7 heteroatoms. The Balaban J connectivity index is 1.92. The van der Waals surface area contributed by atoms with E-state index < -0.39 is 6.09 Å². The fraction of sp³-hybridized carbons (Fsp3) is 0.158. The van der Waals surface area contributed by atoms with Crippen LogP contribution in [-0.4, -0.2) is 23.4 Å². The van der Waals surface area contributed by atoms with Crippen LogP contribution in [0.5, 0.6) is 0 Å². The first kappa shape index (κ1) is 18.5. The van der Waals surface area contributed by atoms with Gasteiger partial charge in [-0.25, -0.2) is 9.78 Å². The quantitative estimate of drug-likeness (QED) is 0.359. The monoisotopic (exact) mass is 348 g/mol. The lowest BCUT2D eigenvalue weighted by atomic mass is 10.1. The largest absolute Gasteiger partial charge is 0.448 e. The lowest BCUT2D eigenvalue weighted by Gasteiger charge is -2.06. The highest BCUT2D eigenvalue weighted by Gasteiger charge is 2.06. The number of oxime groups is 1. The molecule has 0 saturated heterocycles. The normalized spacial score (nSPS) is 10.3. The van der Waals surface area contributed by atoms with Crippen LogP contribution < -0.4 is 5.32 Å². The third-order valence-electron chi connectivity index (χ3n) is 3.04. The summed E-state index contributed by atoms with van der Waals surface area (Å²) in [5.74, 6) is 2.68. The number of pyridine rings is 1. The molecule has 0 aliphatic rings. The minimum absolute atomic E-state index is 0.0413. The fourth-order valence-corrected chi connectivity index (χ4v) is 1.87. The molecule has 1 N–H and O–H groups in total. The lowest BCUT2D eigenvalue weighted by Crippen LogP contribution is -2.15. The van der Waals surface area contributed by atoms with E-state index >= 15 is 0 Å². The van der Waals surface area contributed by atoms with E-state index in [0.29, 0.717) is 23.5 Å². The van der Waals surface area contributed by atoms with E-state index in [1.807, 2.05) is 24.3 Å². The Morgan fingerprint density at radius 2 is 2.04 bits per heavy atom. The summed E-state index contributed by atoms with van der Waals surface area (Å²) in [4.78, 5) is 21.0. The van der Waals surface area contributed by atoms with Crippen molar-refractivity contribution in [3.8, 4) is 18.4 Å². The molecule has 2 rings (SSSR count). The summed E-state index contributed by atoms with van der Waals surface area (Å²) in [6.07, 6.45) is 4.79. The minimum Gasteiger partial charge on any atom is -0.448 e. The highest BCUT2D eigenvalue weighted by Crippen LogP contribution is 2.08. The summed E-state index contributed by atoms with van der Waals surface area (Å²) < 4.78 is 4.88. The average molecular weight is 348 g/mol. The lowest BCUT2D eigenvalue weighted by molar-refractivity contribution is 0.128. The summed E-state index contributed by atoms with van der Waals surface area (Å²) in [6, 6.07) is 16.0. The zero-order valence-corrected chi connectivity index (χ0v) is 13.9. The van der Waals surface area contributed by atoms with E-state index in [1.165, 1.54) is 0 Å². The molecular formula is C19H16N4O3. The third-order valence-corrected chi connectivity index (χ3v) is 3.04. The molecular weight excluding hydrogens is 332 g/mol. The molecule has 0 aliphatic heterocycles. The van der Waals surface area contributed by atoms with Gasteiger partial charge in [0.25, 0.3) is 0 Å². The zero-order valence-electron chi connectivity index (χ0n) is 13.9. The topological polar surface area (TPSA) is 96.6 Å². The van der Waals surface area contributed by atoms with Crippen LogP contribution in [0.25, 0.3) is 0 Å². The van der Waals surface area contributed by atoms with Gasteiger partial charge in [0, 0.05) is 12.0 Å². The molecule has 0 fully saturated rings. The number of terminal acetylenes is 1. The Morgan fingerprint density at radius 1 is 1.23 bits per heavy atom. The van der Waals surface area contributed by atoms with Crippen molar-refractivity contribution in [3.63, 3.8) is 0 Å². The molecule has 0 aliphatic carbocycles. The Kier molecular flexibility index (Phi) is 7.20. The molecule has 130 valence electrons. The minimum atomic E-state index is -0.639.